The molecule has 0 heterocycles. The first-order valence-electron chi connectivity index (χ1n) is 6.84. The molecule has 0 aliphatic heterocycles. The van der Waals surface area contributed by atoms with Gasteiger partial charge in [-0.05, 0) is 32.4 Å². The Balaban J connectivity index is 2.77. The molecule has 1 rings (SSSR count). The molecule has 0 spiro atoms. The van der Waals surface area contributed by atoms with Crippen LogP contribution >= 0.6 is 23.2 Å². The molecule has 0 bridgehead atoms. The predicted octanol–water partition coefficient (Wildman–Crippen LogP) is 3.87. The molecule has 116 valence electrons. The third-order valence-electron chi connectivity index (χ3n) is 3.15. The first-order chi connectivity index (χ1) is 9.80. The molecule has 2 N–H and O–H groups in total. The van der Waals surface area contributed by atoms with Gasteiger partial charge in [0.15, 0.2) is 0 Å². The van der Waals surface area contributed by atoms with Crippen molar-refractivity contribution in [1.29, 1.82) is 0 Å². The lowest BCUT2D eigenvalue weighted by atomic mass is 9.91. The van der Waals surface area contributed by atoms with Crippen LogP contribution in [0.3, 0.4) is 0 Å². The molecule has 2 amide bonds. The average Bonchev–Trinajstić information content (AvgIpc) is 2.43. The zero-order valence-corrected chi connectivity index (χ0v) is 13.9. The van der Waals surface area contributed by atoms with E-state index in [1.54, 1.807) is 32.0 Å². The van der Waals surface area contributed by atoms with Crippen molar-refractivity contribution >= 4 is 40.7 Å². The van der Waals surface area contributed by atoms with Gasteiger partial charge in [-0.15, -0.1) is 0 Å². The van der Waals surface area contributed by atoms with Crippen molar-refractivity contribution in [2.45, 2.75) is 33.6 Å². The van der Waals surface area contributed by atoms with E-state index < -0.39 is 11.3 Å². The Labute approximate surface area is 135 Å². The van der Waals surface area contributed by atoms with Crippen LogP contribution in [0, 0.1) is 5.41 Å². The molecule has 0 aliphatic carbocycles. The Hall–Kier alpha value is -1.26. The fraction of sp³-hybridized carbons (Fsp3) is 0.467. The summed E-state index contributed by atoms with van der Waals surface area (Å²) in [5.74, 6) is -0.743. The molecule has 0 atom stereocenters. The lowest BCUT2D eigenvalue weighted by Gasteiger charge is -2.23. The number of hydrogen-bond acceptors (Lipinski definition) is 2. The SMILES string of the molecule is CCCCNC(=O)C(C)(C)C(=O)Nc1cccc(Cl)c1Cl. The van der Waals surface area contributed by atoms with E-state index >= 15 is 0 Å². The second-order valence-electron chi connectivity index (χ2n) is 5.29. The molecule has 1 aromatic carbocycles. The minimum atomic E-state index is -1.20. The zero-order valence-electron chi connectivity index (χ0n) is 12.4. The lowest BCUT2D eigenvalue weighted by molar-refractivity contribution is -0.138. The van der Waals surface area contributed by atoms with E-state index in [0.29, 0.717) is 17.3 Å². The van der Waals surface area contributed by atoms with E-state index in [4.69, 9.17) is 23.2 Å². The van der Waals surface area contributed by atoms with Gasteiger partial charge in [0.25, 0.3) is 0 Å². The number of carbonyl (C=O) groups excluding carboxylic acids is 2. The van der Waals surface area contributed by atoms with Crippen LogP contribution in [0.4, 0.5) is 5.69 Å². The topological polar surface area (TPSA) is 58.2 Å². The molecule has 0 unspecified atom stereocenters. The third kappa shape index (κ3) is 4.61. The number of anilines is 1. The van der Waals surface area contributed by atoms with Crippen molar-refractivity contribution in [1.82, 2.24) is 5.32 Å². The Morgan fingerprint density at radius 2 is 1.86 bits per heavy atom. The predicted molar refractivity (Wildman–Crippen MR) is 86.8 cm³/mol. The van der Waals surface area contributed by atoms with E-state index in [-0.39, 0.29) is 10.9 Å². The van der Waals surface area contributed by atoms with Crippen molar-refractivity contribution in [2.75, 3.05) is 11.9 Å². The maximum absolute atomic E-state index is 12.3. The first kappa shape index (κ1) is 17.8. The van der Waals surface area contributed by atoms with Gasteiger partial charge in [-0.1, -0.05) is 42.6 Å². The standard InChI is InChI=1S/C15H20Cl2N2O2/c1-4-5-9-18-13(20)15(2,3)14(21)19-11-8-6-7-10(16)12(11)17/h6-8H,4-5,9H2,1-3H3,(H,18,20)(H,19,21). The van der Waals surface area contributed by atoms with Gasteiger partial charge in [-0.3, -0.25) is 9.59 Å². The third-order valence-corrected chi connectivity index (χ3v) is 3.97. The first-order valence-corrected chi connectivity index (χ1v) is 7.60. The molecule has 0 saturated carbocycles. The number of hydrogen-bond donors (Lipinski definition) is 2. The fourth-order valence-electron chi connectivity index (χ4n) is 1.58. The molecular weight excluding hydrogens is 311 g/mol. The zero-order chi connectivity index (χ0) is 16.0. The van der Waals surface area contributed by atoms with Crippen molar-refractivity contribution in [3.05, 3.63) is 28.2 Å². The smallest absolute Gasteiger partial charge is 0.239 e. The van der Waals surface area contributed by atoms with Gasteiger partial charge in [0.05, 0.1) is 15.7 Å². The van der Waals surface area contributed by atoms with Gasteiger partial charge in [0, 0.05) is 6.54 Å². The van der Waals surface area contributed by atoms with Crippen LogP contribution in [-0.4, -0.2) is 18.4 Å². The number of carbonyl (C=O) groups is 2. The summed E-state index contributed by atoms with van der Waals surface area (Å²) < 4.78 is 0. The lowest BCUT2D eigenvalue weighted by Crippen LogP contribution is -2.45. The number of amides is 2. The molecule has 6 heteroatoms. The van der Waals surface area contributed by atoms with Gasteiger partial charge in [-0.25, -0.2) is 0 Å². The highest BCUT2D eigenvalue weighted by atomic mass is 35.5. The maximum Gasteiger partial charge on any atom is 0.239 e. The molecule has 21 heavy (non-hydrogen) atoms. The van der Waals surface area contributed by atoms with Gasteiger partial charge in [-0.2, -0.15) is 0 Å². The molecule has 0 saturated heterocycles. The summed E-state index contributed by atoms with van der Waals surface area (Å²) in [6.45, 7) is 5.74. The molecule has 4 nitrogen and oxygen atoms in total. The van der Waals surface area contributed by atoms with E-state index in [9.17, 15) is 9.59 Å². The summed E-state index contributed by atoms with van der Waals surface area (Å²) in [5.41, 5.74) is -0.803. The van der Waals surface area contributed by atoms with Gasteiger partial charge >= 0.3 is 0 Å². The van der Waals surface area contributed by atoms with E-state index in [1.165, 1.54) is 0 Å². The van der Waals surface area contributed by atoms with Crippen LogP contribution in [0.25, 0.3) is 0 Å². The molecule has 0 aliphatic rings. The number of rotatable bonds is 6. The summed E-state index contributed by atoms with van der Waals surface area (Å²) in [5, 5.41) is 6.01. The highest BCUT2D eigenvalue weighted by Crippen LogP contribution is 2.30. The highest BCUT2D eigenvalue weighted by molar-refractivity contribution is 6.44. The Kier molecular flexibility index (Phi) is 6.49. The van der Waals surface area contributed by atoms with Crippen LogP contribution < -0.4 is 10.6 Å². The monoisotopic (exact) mass is 330 g/mol. The number of unbranched alkanes of at least 4 members (excludes halogenated alkanes) is 1. The van der Waals surface area contributed by atoms with Gasteiger partial charge in [0.2, 0.25) is 11.8 Å². The van der Waals surface area contributed by atoms with Crippen molar-refractivity contribution < 1.29 is 9.59 Å². The molecule has 1 aromatic rings. The second kappa shape index (κ2) is 7.66. The van der Waals surface area contributed by atoms with Crippen LogP contribution in [-0.2, 0) is 9.59 Å². The molecule has 0 radical (unpaired) electrons. The maximum atomic E-state index is 12.3. The Morgan fingerprint density at radius 1 is 1.19 bits per heavy atom. The molecular formula is C15H20Cl2N2O2. The summed E-state index contributed by atoms with van der Waals surface area (Å²) >= 11 is 11.9. The van der Waals surface area contributed by atoms with E-state index in [2.05, 4.69) is 10.6 Å². The minimum Gasteiger partial charge on any atom is -0.355 e. The highest BCUT2D eigenvalue weighted by Gasteiger charge is 2.36. The Bertz CT molecular complexity index is 530. The van der Waals surface area contributed by atoms with Crippen molar-refractivity contribution in [2.24, 2.45) is 5.41 Å². The van der Waals surface area contributed by atoms with Crippen LogP contribution in [0.2, 0.25) is 10.0 Å². The largest absolute Gasteiger partial charge is 0.355 e. The Morgan fingerprint density at radius 3 is 2.48 bits per heavy atom. The molecule has 0 aromatic heterocycles. The fourth-order valence-corrected chi connectivity index (χ4v) is 1.93. The normalized spacial score (nSPS) is 11.1. The van der Waals surface area contributed by atoms with Crippen molar-refractivity contribution in [3.63, 3.8) is 0 Å². The van der Waals surface area contributed by atoms with Crippen LogP contribution in [0.5, 0.6) is 0 Å². The summed E-state index contributed by atoms with van der Waals surface area (Å²) in [6, 6.07) is 4.94. The summed E-state index contributed by atoms with van der Waals surface area (Å²) in [7, 11) is 0. The number of benzene rings is 1. The second-order valence-corrected chi connectivity index (χ2v) is 6.08. The van der Waals surface area contributed by atoms with Crippen LogP contribution in [0.1, 0.15) is 33.6 Å². The van der Waals surface area contributed by atoms with Gasteiger partial charge < -0.3 is 10.6 Å². The van der Waals surface area contributed by atoms with E-state index in [0.717, 1.165) is 12.8 Å². The summed E-state index contributed by atoms with van der Waals surface area (Å²) in [4.78, 5) is 24.4. The van der Waals surface area contributed by atoms with Crippen LogP contribution in [0.15, 0.2) is 18.2 Å². The van der Waals surface area contributed by atoms with E-state index in [1.807, 2.05) is 6.92 Å². The minimum absolute atomic E-state index is 0.259. The number of halogens is 2. The molecule has 0 fully saturated rings. The summed E-state index contributed by atoms with van der Waals surface area (Å²) in [6.07, 6.45) is 1.86. The van der Waals surface area contributed by atoms with Crippen molar-refractivity contribution in [3.8, 4) is 0 Å². The number of nitrogens with one attached hydrogen (secondary N) is 2. The quantitative estimate of drug-likeness (QED) is 0.614. The van der Waals surface area contributed by atoms with Gasteiger partial charge in [0.1, 0.15) is 5.41 Å². The average molecular weight is 331 g/mol.